The van der Waals surface area contributed by atoms with Crippen LogP contribution in [-0.4, -0.2) is 23.4 Å². The molecule has 2 heterocycles. The van der Waals surface area contributed by atoms with E-state index in [4.69, 9.17) is 5.73 Å². The van der Waals surface area contributed by atoms with Crippen molar-refractivity contribution in [2.75, 3.05) is 24.2 Å². The quantitative estimate of drug-likeness (QED) is 0.873. The second kappa shape index (κ2) is 4.05. The minimum absolute atomic E-state index is 0.747. The van der Waals surface area contributed by atoms with Crippen molar-refractivity contribution in [3.63, 3.8) is 0 Å². The molecule has 0 amide bonds. The Morgan fingerprint density at radius 1 is 1.39 bits per heavy atom. The molecule has 0 unspecified atom stereocenters. The second-order valence-electron chi connectivity index (χ2n) is 5.01. The summed E-state index contributed by atoms with van der Waals surface area (Å²) >= 11 is 0. The molecule has 3 rings (SSSR count). The van der Waals surface area contributed by atoms with Gasteiger partial charge in [-0.3, -0.25) is 0 Å². The van der Waals surface area contributed by atoms with Gasteiger partial charge < -0.3 is 10.6 Å². The standard InChI is InChI=1S/C14H18N4/c1-10-8-16-18(14(10)15)9-11-3-4-13-12(7-11)5-6-17(13)2/h3-4,7-8H,5-6,9,15H2,1-2H3. The van der Waals surface area contributed by atoms with Crippen molar-refractivity contribution in [1.29, 1.82) is 0 Å². The zero-order valence-corrected chi connectivity index (χ0v) is 10.8. The maximum atomic E-state index is 5.98. The van der Waals surface area contributed by atoms with Gasteiger partial charge in [0.15, 0.2) is 0 Å². The summed E-state index contributed by atoms with van der Waals surface area (Å²) in [5.41, 5.74) is 11.1. The van der Waals surface area contributed by atoms with E-state index in [-0.39, 0.29) is 0 Å². The Labute approximate surface area is 107 Å². The molecule has 0 fully saturated rings. The molecule has 0 saturated carbocycles. The van der Waals surface area contributed by atoms with Gasteiger partial charge in [-0.25, -0.2) is 4.68 Å². The fourth-order valence-corrected chi connectivity index (χ4v) is 2.51. The molecule has 4 heteroatoms. The normalized spacial score (nSPS) is 14.0. The number of nitrogens with zero attached hydrogens (tertiary/aromatic N) is 3. The highest BCUT2D eigenvalue weighted by molar-refractivity contribution is 5.58. The number of likely N-dealkylation sites (N-methyl/N-ethyl adjacent to an activating group) is 1. The molecule has 1 aromatic heterocycles. The first-order chi connectivity index (χ1) is 8.65. The average Bonchev–Trinajstić information content (AvgIpc) is 2.88. The van der Waals surface area contributed by atoms with Crippen molar-refractivity contribution < 1.29 is 0 Å². The van der Waals surface area contributed by atoms with Crippen LogP contribution < -0.4 is 10.6 Å². The summed E-state index contributed by atoms with van der Waals surface area (Å²) in [5, 5.41) is 4.30. The van der Waals surface area contributed by atoms with Crippen molar-refractivity contribution >= 4 is 11.5 Å². The second-order valence-corrected chi connectivity index (χ2v) is 5.01. The van der Waals surface area contributed by atoms with Crippen molar-refractivity contribution in [3.05, 3.63) is 41.1 Å². The van der Waals surface area contributed by atoms with Crippen molar-refractivity contribution in [3.8, 4) is 0 Å². The Morgan fingerprint density at radius 3 is 2.94 bits per heavy atom. The molecule has 94 valence electrons. The van der Waals surface area contributed by atoms with E-state index in [2.05, 4.69) is 35.2 Å². The summed E-state index contributed by atoms with van der Waals surface area (Å²) in [5.74, 6) is 0.757. The van der Waals surface area contributed by atoms with E-state index in [0.29, 0.717) is 0 Å². The van der Waals surface area contributed by atoms with Crippen molar-refractivity contribution in [2.24, 2.45) is 0 Å². The SMILES string of the molecule is Cc1cnn(Cc2ccc3c(c2)CCN3C)c1N. The molecular weight excluding hydrogens is 224 g/mol. The van der Waals surface area contributed by atoms with Gasteiger partial charge in [0.25, 0.3) is 0 Å². The topological polar surface area (TPSA) is 47.1 Å². The number of nitrogens with two attached hydrogens (primary N) is 1. The van der Waals surface area contributed by atoms with E-state index in [9.17, 15) is 0 Å². The molecule has 0 saturated heterocycles. The van der Waals surface area contributed by atoms with Gasteiger partial charge in [-0.15, -0.1) is 0 Å². The summed E-state index contributed by atoms with van der Waals surface area (Å²) < 4.78 is 1.86. The van der Waals surface area contributed by atoms with E-state index < -0.39 is 0 Å². The van der Waals surface area contributed by atoms with Crippen LogP contribution in [0.4, 0.5) is 11.5 Å². The first-order valence-corrected chi connectivity index (χ1v) is 6.26. The lowest BCUT2D eigenvalue weighted by molar-refractivity contribution is 0.696. The van der Waals surface area contributed by atoms with Gasteiger partial charge in [-0.2, -0.15) is 5.10 Å². The number of benzene rings is 1. The maximum absolute atomic E-state index is 5.98. The largest absolute Gasteiger partial charge is 0.384 e. The minimum atomic E-state index is 0.747. The van der Waals surface area contributed by atoms with Crippen LogP contribution in [0.15, 0.2) is 24.4 Å². The van der Waals surface area contributed by atoms with E-state index in [0.717, 1.165) is 30.9 Å². The summed E-state index contributed by atoms with van der Waals surface area (Å²) in [6, 6.07) is 6.64. The molecule has 0 atom stereocenters. The molecule has 1 aliphatic rings. The number of nitrogen functional groups attached to an aromatic ring is 1. The van der Waals surface area contributed by atoms with Crippen LogP contribution in [-0.2, 0) is 13.0 Å². The maximum Gasteiger partial charge on any atom is 0.124 e. The molecule has 18 heavy (non-hydrogen) atoms. The molecule has 0 spiro atoms. The fraction of sp³-hybridized carbons (Fsp3) is 0.357. The van der Waals surface area contributed by atoms with E-state index >= 15 is 0 Å². The summed E-state index contributed by atoms with van der Waals surface area (Å²) in [4.78, 5) is 2.30. The van der Waals surface area contributed by atoms with Crippen LogP contribution in [0.25, 0.3) is 0 Å². The predicted octanol–water partition coefficient (Wildman–Crippen LogP) is 1.81. The van der Waals surface area contributed by atoms with Gasteiger partial charge >= 0.3 is 0 Å². The number of anilines is 2. The molecule has 1 aliphatic heterocycles. The number of fused-ring (bicyclic) bond motifs is 1. The van der Waals surface area contributed by atoms with Gasteiger partial charge in [0.05, 0.1) is 12.7 Å². The average molecular weight is 242 g/mol. The third-order valence-electron chi connectivity index (χ3n) is 3.68. The number of hydrogen-bond donors (Lipinski definition) is 1. The van der Waals surface area contributed by atoms with Crippen LogP contribution in [0.2, 0.25) is 0 Å². The molecular formula is C14H18N4. The number of aryl methyl sites for hydroxylation is 1. The predicted molar refractivity (Wildman–Crippen MR) is 73.9 cm³/mol. The first kappa shape index (κ1) is 11.1. The van der Waals surface area contributed by atoms with Crippen LogP contribution in [0.1, 0.15) is 16.7 Å². The van der Waals surface area contributed by atoms with Crippen LogP contribution in [0.3, 0.4) is 0 Å². The zero-order valence-electron chi connectivity index (χ0n) is 10.8. The Bertz CT molecular complexity index is 585. The Kier molecular flexibility index (Phi) is 2.51. The van der Waals surface area contributed by atoms with Gasteiger partial charge in [-0.1, -0.05) is 12.1 Å². The molecule has 0 aliphatic carbocycles. The lowest BCUT2D eigenvalue weighted by Crippen LogP contribution is -2.12. The lowest BCUT2D eigenvalue weighted by Gasteiger charge is -2.12. The van der Waals surface area contributed by atoms with E-state index in [1.807, 2.05) is 17.8 Å². The van der Waals surface area contributed by atoms with Gasteiger partial charge in [0.2, 0.25) is 0 Å². The van der Waals surface area contributed by atoms with Gasteiger partial charge in [0, 0.05) is 24.8 Å². The molecule has 0 radical (unpaired) electrons. The smallest absolute Gasteiger partial charge is 0.124 e. The summed E-state index contributed by atoms with van der Waals surface area (Å²) in [6.45, 7) is 3.84. The molecule has 2 N–H and O–H groups in total. The summed E-state index contributed by atoms with van der Waals surface area (Å²) in [6.07, 6.45) is 2.95. The van der Waals surface area contributed by atoms with Crippen LogP contribution in [0, 0.1) is 6.92 Å². The Morgan fingerprint density at radius 2 is 2.22 bits per heavy atom. The highest BCUT2D eigenvalue weighted by Gasteiger charge is 2.15. The Balaban J connectivity index is 1.88. The molecule has 4 nitrogen and oxygen atoms in total. The van der Waals surface area contributed by atoms with Gasteiger partial charge in [-0.05, 0) is 30.5 Å². The number of rotatable bonds is 2. The zero-order chi connectivity index (χ0) is 12.7. The van der Waals surface area contributed by atoms with Crippen LogP contribution >= 0.6 is 0 Å². The third-order valence-corrected chi connectivity index (χ3v) is 3.68. The third kappa shape index (κ3) is 1.74. The number of aromatic nitrogens is 2. The number of hydrogen-bond acceptors (Lipinski definition) is 3. The molecule has 2 aromatic rings. The Hall–Kier alpha value is -1.97. The fourth-order valence-electron chi connectivity index (χ4n) is 2.51. The monoisotopic (exact) mass is 242 g/mol. The van der Waals surface area contributed by atoms with Crippen LogP contribution in [0.5, 0.6) is 0 Å². The minimum Gasteiger partial charge on any atom is -0.384 e. The van der Waals surface area contributed by atoms with Gasteiger partial charge in [0.1, 0.15) is 5.82 Å². The molecule has 1 aromatic carbocycles. The highest BCUT2D eigenvalue weighted by Crippen LogP contribution is 2.27. The summed E-state index contributed by atoms with van der Waals surface area (Å²) in [7, 11) is 2.14. The van der Waals surface area contributed by atoms with E-state index in [1.54, 1.807) is 0 Å². The highest BCUT2D eigenvalue weighted by atomic mass is 15.3. The van der Waals surface area contributed by atoms with E-state index in [1.165, 1.54) is 16.8 Å². The first-order valence-electron chi connectivity index (χ1n) is 6.26. The van der Waals surface area contributed by atoms with Crippen molar-refractivity contribution in [2.45, 2.75) is 19.9 Å². The lowest BCUT2D eigenvalue weighted by atomic mass is 10.1. The van der Waals surface area contributed by atoms with Crippen molar-refractivity contribution in [1.82, 2.24) is 9.78 Å². The molecule has 0 bridgehead atoms.